The van der Waals surface area contributed by atoms with Crippen LogP contribution in [0.4, 0.5) is 5.69 Å². The molecule has 0 aromatic heterocycles. The van der Waals surface area contributed by atoms with Crippen molar-refractivity contribution in [3.63, 3.8) is 0 Å². The summed E-state index contributed by atoms with van der Waals surface area (Å²) in [6.07, 6.45) is 1.13. The molecule has 0 unspecified atom stereocenters. The van der Waals surface area contributed by atoms with Gasteiger partial charge in [0, 0.05) is 24.1 Å². The molecular formula is C18H21BrN2. The van der Waals surface area contributed by atoms with E-state index in [1.165, 1.54) is 26.9 Å². The van der Waals surface area contributed by atoms with Crippen molar-refractivity contribution in [3.8, 4) is 0 Å². The van der Waals surface area contributed by atoms with Crippen LogP contribution in [-0.4, -0.2) is 13.1 Å². The third-order valence-electron chi connectivity index (χ3n) is 4.06. The Kier molecular flexibility index (Phi) is 4.61. The molecule has 2 nitrogen and oxygen atoms in total. The molecule has 21 heavy (non-hydrogen) atoms. The summed E-state index contributed by atoms with van der Waals surface area (Å²) in [6, 6.07) is 15.5. The van der Waals surface area contributed by atoms with Gasteiger partial charge in [0.1, 0.15) is 0 Å². The molecule has 0 amide bonds. The number of fused-ring (bicyclic) bond motifs is 1. The average molecular weight is 345 g/mol. The van der Waals surface area contributed by atoms with Crippen LogP contribution < -0.4 is 10.2 Å². The second kappa shape index (κ2) is 6.63. The van der Waals surface area contributed by atoms with Crippen molar-refractivity contribution in [2.75, 3.05) is 18.0 Å². The van der Waals surface area contributed by atoms with Crippen LogP contribution in [0.2, 0.25) is 0 Å². The predicted octanol–water partition coefficient (Wildman–Crippen LogP) is 4.12. The summed E-state index contributed by atoms with van der Waals surface area (Å²) in [4.78, 5) is 2.46. The van der Waals surface area contributed by atoms with Crippen molar-refractivity contribution in [3.05, 3.63) is 63.6 Å². The number of hydrogen-bond acceptors (Lipinski definition) is 2. The largest absolute Gasteiger partial charge is 0.366 e. The highest BCUT2D eigenvalue weighted by Crippen LogP contribution is 2.31. The van der Waals surface area contributed by atoms with Gasteiger partial charge in [-0.15, -0.1) is 0 Å². The van der Waals surface area contributed by atoms with E-state index in [2.05, 4.69) is 75.5 Å². The van der Waals surface area contributed by atoms with Gasteiger partial charge in [0.25, 0.3) is 0 Å². The van der Waals surface area contributed by atoms with Crippen LogP contribution in [0.25, 0.3) is 0 Å². The number of nitrogens with zero attached hydrogens (tertiary/aromatic N) is 1. The zero-order chi connectivity index (χ0) is 14.7. The summed E-state index contributed by atoms with van der Waals surface area (Å²) in [5, 5.41) is 3.37. The summed E-state index contributed by atoms with van der Waals surface area (Å²) < 4.78 is 1.19. The predicted molar refractivity (Wildman–Crippen MR) is 92.7 cm³/mol. The SMILES string of the molecule is CCNCc1ccc(N2CCc3ccccc3C2)c(Br)c1. The Morgan fingerprint density at radius 3 is 2.71 bits per heavy atom. The Labute approximate surface area is 135 Å². The van der Waals surface area contributed by atoms with E-state index in [0.29, 0.717) is 0 Å². The fourth-order valence-corrected chi connectivity index (χ4v) is 3.56. The van der Waals surface area contributed by atoms with E-state index in [1.807, 2.05) is 0 Å². The number of nitrogens with one attached hydrogen (secondary N) is 1. The summed E-state index contributed by atoms with van der Waals surface area (Å²) in [7, 11) is 0. The van der Waals surface area contributed by atoms with Gasteiger partial charge in [-0.3, -0.25) is 0 Å². The zero-order valence-corrected chi connectivity index (χ0v) is 14.0. The van der Waals surface area contributed by atoms with Crippen LogP contribution in [0.3, 0.4) is 0 Å². The first-order valence-corrected chi connectivity index (χ1v) is 8.38. The topological polar surface area (TPSA) is 15.3 Å². The number of anilines is 1. The third kappa shape index (κ3) is 3.30. The minimum atomic E-state index is 0.929. The number of halogens is 1. The second-order valence-corrected chi connectivity index (χ2v) is 6.36. The molecule has 1 heterocycles. The minimum absolute atomic E-state index is 0.929. The van der Waals surface area contributed by atoms with E-state index in [4.69, 9.17) is 0 Å². The second-order valence-electron chi connectivity index (χ2n) is 5.51. The molecule has 0 aliphatic carbocycles. The molecule has 1 N–H and O–H groups in total. The van der Waals surface area contributed by atoms with Crippen LogP contribution in [0.15, 0.2) is 46.9 Å². The maximum Gasteiger partial charge on any atom is 0.0513 e. The lowest BCUT2D eigenvalue weighted by molar-refractivity contribution is 0.720. The van der Waals surface area contributed by atoms with Gasteiger partial charge in [-0.25, -0.2) is 0 Å². The molecule has 0 atom stereocenters. The molecule has 0 bridgehead atoms. The average Bonchev–Trinajstić information content (AvgIpc) is 2.52. The normalized spacial score (nSPS) is 14.1. The van der Waals surface area contributed by atoms with Crippen molar-refractivity contribution >= 4 is 21.6 Å². The van der Waals surface area contributed by atoms with Gasteiger partial charge in [-0.1, -0.05) is 37.3 Å². The zero-order valence-electron chi connectivity index (χ0n) is 12.4. The molecule has 0 spiro atoms. The highest BCUT2D eigenvalue weighted by Gasteiger charge is 2.17. The van der Waals surface area contributed by atoms with Gasteiger partial charge < -0.3 is 10.2 Å². The third-order valence-corrected chi connectivity index (χ3v) is 4.70. The fourth-order valence-electron chi connectivity index (χ4n) is 2.89. The number of rotatable bonds is 4. The lowest BCUT2D eigenvalue weighted by atomic mass is 9.99. The van der Waals surface area contributed by atoms with E-state index in [-0.39, 0.29) is 0 Å². The van der Waals surface area contributed by atoms with Crippen LogP contribution >= 0.6 is 15.9 Å². The molecule has 0 fully saturated rings. The smallest absolute Gasteiger partial charge is 0.0513 e. The maximum atomic E-state index is 3.75. The Morgan fingerprint density at radius 2 is 1.95 bits per heavy atom. The molecule has 1 aliphatic rings. The minimum Gasteiger partial charge on any atom is -0.366 e. The molecule has 2 aromatic carbocycles. The van der Waals surface area contributed by atoms with Gasteiger partial charge in [0.05, 0.1) is 5.69 Å². The first-order valence-electron chi connectivity index (χ1n) is 7.59. The van der Waals surface area contributed by atoms with Crippen LogP contribution in [0.5, 0.6) is 0 Å². The summed E-state index contributed by atoms with van der Waals surface area (Å²) in [5.74, 6) is 0. The number of hydrogen-bond donors (Lipinski definition) is 1. The van der Waals surface area contributed by atoms with E-state index in [0.717, 1.165) is 32.6 Å². The molecule has 3 rings (SSSR count). The van der Waals surface area contributed by atoms with Crippen LogP contribution in [0.1, 0.15) is 23.6 Å². The van der Waals surface area contributed by atoms with E-state index in [1.54, 1.807) is 0 Å². The Balaban J connectivity index is 1.79. The standard InChI is InChI=1S/C18H21BrN2/c1-2-20-12-14-7-8-18(17(19)11-14)21-10-9-15-5-3-4-6-16(15)13-21/h3-8,11,20H,2,9-10,12-13H2,1H3. The van der Waals surface area contributed by atoms with Gasteiger partial charge >= 0.3 is 0 Å². The van der Waals surface area contributed by atoms with E-state index >= 15 is 0 Å². The molecule has 0 radical (unpaired) electrons. The van der Waals surface area contributed by atoms with Gasteiger partial charge in [0.2, 0.25) is 0 Å². The molecule has 110 valence electrons. The van der Waals surface area contributed by atoms with E-state index < -0.39 is 0 Å². The molecule has 3 heteroatoms. The van der Waals surface area contributed by atoms with Crippen molar-refractivity contribution in [1.82, 2.24) is 5.32 Å². The highest BCUT2D eigenvalue weighted by molar-refractivity contribution is 9.10. The maximum absolute atomic E-state index is 3.75. The lowest BCUT2D eigenvalue weighted by Crippen LogP contribution is -2.30. The number of benzene rings is 2. The molecule has 1 aliphatic heterocycles. The Hall–Kier alpha value is -1.32. The monoisotopic (exact) mass is 344 g/mol. The van der Waals surface area contributed by atoms with Gasteiger partial charge in [0.15, 0.2) is 0 Å². The van der Waals surface area contributed by atoms with Crippen molar-refractivity contribution in [2.45, 2.75) is 26.4 Å². The lowest BCUT2D eigenvalue weighted by Gasteiger charge is -2.31. The van der Waals surface area contributed by atoms with Crippen LogP contribution in [0, 0.1) is 0 Å². The quantitative estimate of drug-likeness (QED) is 0.897. The van der Waals surface area contributed by atoms with Gasteiger partial charge in [-0.05, 0) is 57.7 Å². The molecule has 0 saturated carbocycles. The van der Waals surface area contributed by atoms with Crippen LogP contribution in [-0.2, 0) is 19.5 Å². The summed E-state index contributed by atoms with van der Waals surface area (Å²) in [6.45, 7) is 6.15. The summed E-state index contributed by atoms with van der Waals surface area (Å²) in [5.41, 5.74) is 5.57. The first-order chi connectivity index (χ1) is 10.3. The first kappa shape index (κ1) is 14.6. The van der Waals surface area contributed by atoms with Crippen molar-refractivity contribution < 1.29 is 0 Å². The van der Waals surface area contributed by atoms with Gasteiger partial charge in [-0.2, -0.15) is 0 Å². The summed E-state index contributed by atoms with van der Waals surface area (Å²) >= 11 is 3.75. The Morgan fingerprint density at radius 1 is 1.14 bits per heavy atom. The molecular weight excluding hydrogens is 324 g/mol. The highest BCUT2D eigenvalue weighted by atomic mass is 79.9. The molecule has 2 aromatic rings. The van der Waals surface area contributed by atoms with E-state index in [9.17, 15) is 0 Å². The Bertz CT molecular complexity index is 624. The van der Waals surface area contributed by atoms with Crippen molar-refractivity contribution in [1.29, 1.82) is 0 Å². The van der Waals surface area contributed by atoms with Crippen molar-refractivity contribution in [2.24, 2.45) is 0 Å². The fraction of sp³-hybridized carbons (Fsp3) is 0.333. The molecule has 0 saturated heterocycles.